The first kappa shape index (κ1) is 17.1. The van der Waals surface area contributed by atoms with E-state index in [9.17, 15) is 9.18 Å². The minimum Gasteiger partial charge on any atom is -0.459 e. The molecule has 0 unspecified atom stereocenters. The van der Waals surface area contributed by atoms with Crippen molar-refractivity contribution >= 4 is 23.0 Å². The van der Waals surface area contributed by atoms with E-state index >= 15 is 0 Å². The lowest BCUT2D eigenvalue weighted by Crippen LogP contribution is -2.46. The van der Waals surface area contributed by atoms with Crippen molar-refractivity contribution in [3.63, 3.8) is 0 Å². The van der Waals surface area contributed by atoms with E-state index in [1.165, 1.54) is 18.4 Å². The fourth-order valence-corrected chi connectivity index (χ4v) is 3.23. The zero-order valence-corrected chi connectivity index (χ0v) is 14.8. The van der Waals surface area contributed by atoms with Crippen molar-refractivity contribution in [2.24, 2.45) is 0 Å². The molecule has 1 fully saturated rings. The third kappa shape index (κ3) is 3.95. The summed E-state index contributed by atoms with van der Waals surface area (Å²) in [5.41, 5.74) is 2.89. The SMILES string of the molecule is O=C(Nc1ccc(N2CCN(c3ccc(F)cc3)CC2)cc1)c1ccco1. The minimum atomic E-state index is -0.263. The summed E-state index contributed by atoms with van der Waals surface area (Å²) in [5, 5.41) is 2.82. The van der Waals surface area contributed by atoms with Gasteiger partial charge >= 0.3 is 0 Å². The number of hydrogen-bond acceptors (Lipinski definition) is 4. The van der Waals surface area contributed by atoms with Crippen LogP contribution in [0.4, 0.5) is 21.5 Å². The Balaban J connectivity index is 1.34. The van der Waals surface area contributed by atoms with Crippen LogP contribution in [0.5, 0.6) is 0 Å². The second-order valence-electron chi connectivity index (χ2n) is 6.43. The van der Waals surface area contributed by atoms with Crippen molar-refractivity contribution in [3.8, 4) is 0 Å². The Morgan fingerprint density at radius 2 is 1.41 bits per heavy atom. The molecule has 2 heterocycles. The van der Waals surface area contributed by atoms with Crippen molar-refractivity contribution in [3.05, 3.63) is 78.5 Å². The molecule has 0 bridgehead atoms. The highest BCUT2D eigenvalue weighted by molar-refractivity contribution is 6.02. The molecule has 6 heteroatoms. The second kappa shape index (κ2) is 7.53. The van der Waals surface area contributed by atoms with Gasteiger partial charge in [0.05, 0.1) is 6.26 Å². The number of carbonyl (C=O) groups excluding carboxylic acids is 1. The molecule has 5 nitrogen and oxygen atoms in total. The molecule has 3 aromatic rings. The number of nitrogens with zero attached hydrogens (tertiary/aromatic N) is 2. The summed E-state index contributed by atoms with van der Waals surface area (Å²) in [5.74, 6) is -0.187. The highest BCUT2D eigenvalue weighted by Gasteiger charge is 2.18. The van der Waals surface area contributed by atoms with E-state index in [2.05, 4.69) is 15.1 Å². The van der Waals surface area contributed by atoms with Crippen LogP contribution in [0.3, 0.4) is 0 Å². The maximum absolute atomic E-state index is 13.1. The molecule has 1 aromatic heterocycles. The molecule has 2 aromatic carbocycles. The van der Waals surface area contributed by atoms with E-state index in [0.29, 0.717) is 0 Å². The fourth-order valence-electron chi connectivity index (χ4n) is 3.23. The van der Waals surface area contributed by atoms with Crippen molar-refractivity contribution in [2.45, 2.75) is 0 Å². The number of nitrogens with one attached hydrogen (secondary N) is 1. The van der Waals surface area contributed by atoms with Gasteiger partial charge in [0.1, 0.15) is 5.82 Å². The van der Waals surface area contributed by atoms with Gasteiger partial charge in [0.15, 0.2) is 5.76 Å². The van der Waals surface area contributed by atoms with E-state index in [0.717, 1.165) is 43.2 Å². The molecule has 0 atom stereocenters. The Hall–Kier alpha value is -3.28. The maximum atomic E-state index is 13.1. The molecular formula is C21H20FN3O2. The minimum absolute atomic E-state index is 0.211. The molecule has 0 saturated carbocycles. The van der Waals surface area contributed by atoms with Crippen molar-refractivity contribution in [1.29, 1.82) is 0 Å². The second-order valence-corrected chi connectivity index (χ2v) is 6.43. The molecular weight excluding hydrogens is 345 g/mol. The number of anilines is 3. The average Bonchev–Trinajstić information content (AvgIpc) is 3.24. The van der Waals surface area contributed by atoms with Crippen molar-refractivity contribution in [1.82, 2.24) is 0 Å². The van der Waals surface area contributed by atoms with E-state index in [1.54, 1.807) is 12.1 Å². The third-order valence-corrected chi connectivity index (χ3v) is 4.71. The van der Waals surface area contributed by atoms with E-state index in [1.807, 2.05) is 36.4 Å². The molecule has 138 valence electrons. The molecule has 1 aliphatic rings. The van der Waals surface area contributed by atoms with E-state index < -0.39 is 0 Å². The predicted molar refractivity (Wildman–Crippen MR) is 104 cm³/mol. The Kier molecular flexibility index (Phi) is 4.78. The first-order chi connectivity index (χ1) is 13.2. The zero-order chi connectivity index (χ0) is 18.6. The summed E-state index contributed by atoms with van der Waals surface area (Å²) in [7, 11) is 0. The van der Waals surface area contributed by atoms with Gasteiger partial charge in [-0.3, -0.25) is 4.79 Å². The first-order valence-corrected chi connectivity index (χ1v) is 8.89. The number of rotatable bonds is 4. The lowest BCUT2D eigenvalue weighted by molar-refractivity contribution is 0.0996. The maximum Gasteiger partial charge on any atom is 0.291 e. The van der Waals surface area contributed by atoms with Crippen LogP contribution >= 0.6 is 0 Å². The largest absolute Gasteiger partial charge is 0.459 e. The topological polar surface area (TPSA) is 48.7 Å². The fraction of sp³-hybridized carbons (Fsp3) is 0.190. The zero-order valence-electron chi connectivity index (χ0n) is 14.8. The van der Waals surface area contributed by atoms with Crippen LogP contribution in [0.15, 0.2) is 71.3 Å². The van der Waals surface area contributed by atoms with Gasteiger partial charge in [0.25, 0.3) is 5.91 Å². The van der Waals surface area contributed by atoms with Gasteiger partial charge < -0.3 is 19.5 Å². The van der Waals surface area contributed by atoms with Gasteiger partial charge in [-0.05, 0) is 60.7 Å². The van der Waals surface area contributed by atoms with Gasteiger partial charge in [0.2, 0.25) is 0 Å². The lowest BCUT2D eigenvalue weighted by Gasteiger charge is -2.37. The van der Waals surface area contributed by atoms with Gasteiger partial charge in [0, 0.05) is 43.2 Å². The molecule has 4 rings (SSSR count). The summed E-state index contributed by atoms with van der Waals surface area (Å²) in [6.07, 6.45) is 1.48. The predicted octanol–water partition coefficient (Wildman–Crippen LogP) is 4.00. The monoisotopic (exact) mass is 365 g/mol. The lowest BCUT2D eigenvalue weighted by atomic mass is 10.2. The Bertz CT molecular complexity index is 884. The standard InChI is InChI=1S/C21H20FN3O2/c22-16-3-7-18(8-4-16)24-11-13-25(14-12-24)19-9-5-17(6-10-19)23-21(26)20-2-1-15-27-20/h1-10,15H,11-14H2,(H,23,26). The molecule has 0 aliphatic carbocycles. The van der Waals surface area contributed by atoms with Crippen LogP contribution < -0.4 is 15.1 Å². The summed E-state index contributed by atoms with van der Waals surface area (Å²) >= 11 is 0. The average molecular weight is 365 g/mol. The third-order valence-electron chi connectivity index (χ3n) is 4.71. The highest BCUT2D eigenvalue weighted by atomic mass is 19.1. The van der Waals surface area contributed by atoms with Crippen molar-refractivity contribution in [2.75, 3.05) is 41.3 Å². The van der Waals surface area contributed by atoms with E-state index in [4.69, 9.17) is 4.42 Å². The van der Waals surface area contributed by atoms with Crippen LogP contribution in [0, 0.1) is 5.82 Å². The number of furan rings is 1. The number of carbonyl (C=O) groups is 1. The molecule has 0 radical (unpaired) electrons. The quantitative estimate of drug-likeness (QED) is 0.759. The summed E-state index contributed by atoms with van der Waals surface area (Å²) in [6, 6.07) is 17.7. The van der Waals surface area contributed by atoms with Crippen LogP contribution in [-0.4, -0.2) is 32.1 Å². The first-order valence-electron chi connectivity index (χ1n) is 8.89. The van der Waals surface area contributed by atoms with Crippen LogP contribution in [0.2, 0.25) is 0 Å². The molecule has 1 saturated heterocycles. The Labute approximate surface area is 157 Å². The normalized spacial score (nSPS) is 14.3. The van der Waals surface area contributed by atoms with Gasteiger partial charge in [-0.1, -0.05) is 0 Å². The van der Waals surface area contributed by atoms with E-state index in [-0.39, 0.29) is 17.5 Å². The van der Waals surface area contributed by atoms with Crippen molar-refractivity contribution < 1.29 is 13.6 Å². The summed E-state index contributed by atoms with van der Waals surface area (Å²) in [4.78, 5) is 16.6. The molecule has 0 spiro atoms. The summed E-state index contributed by atoms with van der Waals surface area (Å²) < 4.78 is 18.2. The van der Waals surface area contributed by atoms with Crippen LogP contribution in [0.1, 0.15) is 10.6 Å². The van der Waals surface area contributed by atoms with Gasteiger partial charge in [-0.25, -0.2) is 4.39 Å². The number of amides is 1. The molecule has 1 N–H and O–H groups in total. The number of piperazine rings is 1. The van der Waals surface area contributed by atoms with Crippen LogP contribution in [0.25, 0.3) is 0 Å². The number of benzene rings is 2. The number of halogens is 1. The Morgan fingerprint density at radius 1 is 0.852 bits per heavy atom. The number of hydrogen-bond donors (Lipinski definition) is 1. The van der Waals surface area contributed by atoms with Crippen LogP contribution in [-0.2, 0) is 0 Å². The smallest absolute Gasteiger partial charge is 0.291 e. The molecule has 27 heavy (non-hydrogen) atoms. The highest BCUT2D eigenvalue weighted by Crippen LogP contribution is 2.22. The molecule has 1 aliphatic heterocycles. The Morgan fingerprint density at radius 3 is 1.93 bits per heavy atom. The molecule has 1 amide bonds. The summed E-state index contributed by atoms with van der Waals surface area (Å²) in [6.45, 7) is 3.52. The van der Waals surface area contributed by atoms with Gasteiger partial charge in [-0.2, -0.15) is 0 Å². The van der Waals surface area contributed by atoms with Gasteiger partial charge in [-0.15, -0.1) is 0 Å².